The molecule has 0 saturated carbocycles. The van der Waals surface area contributed by atoms with Crippen molar-refractivity contribution in [3.05, 3.63) is 77.0 Å². The van der Waals surface area contributed by atoms with Crippen molar-refractivity contribution in [1.29, 1.82) is 0 Å². The highest BCUT2D eigenvalue weighted by Crippen LogP contribution is 2.35. The molecule has 1 aliphatic heterocycles. The van der Waals surface area contributed by atoms with Crippen LogP contribution in [0, 0.1) is 6.92 Å². The summed E-state index contributed by atoms with van der Waals surface area (Å²) in [4.78, 5) is 21.5. The number of ketones is 1. The molecule has 1 aliphatic rings. The second kappa shape index (κ2) is 15.3. The van der Waals surface area contributed by atoms with Crippen LogP contribution in [0.1, 0.15) is 40.4 Å². The van der Waals surface area contributed by atoms with Gasteiger partial charge >= 0.3 is 6.18 Å². The van der Waals surface area contributed by atoms with E-state index >= 15 is 0 Å². The summed E-state index contributed by atoms with van der Waals surface area (Å²) in [5.74, 6) is -0.382. The number of carbonyl (C=O) groups excluding carboxylic acids is 1. The molecule has 244 valence electrons. The third-order valence-corrected chi connectivity index (χ3v) is 8.06. The highest BCUT2D eigenvalue weighted by molar-refractivity contribution is 7.85. The number of rotatable bonds is 9. The number of aromatic nitrogens is 2. The standard InChI is InChI=1S/C24H26F3N5O3S.C7H12FN/c1-14-6-7-17(20(10-14)32(3)36(5)34)12-28-22-18(24(25,26)27)13-29-23(31-22)30-19-9-8-16(15(2)33)11-21(19)35-4;1-6-3-4-9(2)5-7(6)8/h6-11,13H,12H2,1-5H3,(H2,28,29,30,31);7H,1,3-5H2,2H3/t;7-/m.1/s1. The van der Waals surface area contributed by atoms with Gasteiger partial charge in [0, 0.05) is 44.7 Å². The number of Topliss-reactive ketones (excluding diaryl/α,β-unsaturated/α-hetero) is 1. The lowest BCUT2D eigenvalue weighted by molar-refractivity contribution is -0.137. The zero-order valence-electron chi connectivity index (χ0n) is 26.1. The van der Waals surface area contributed by atoms with Crippen LogP contribution in [0.5, 0.6) is 5.75 Å². The summed E-state index contributed by atoms with van der Waals surface area (Å²) in [6, 6.07) is 10.0. The van der Waals surface area contributed by atoms with Gasteiger partial charge in [-0.3, -0.25) is 9.10 Å². The summed E-state index contributed by atoms with van der Waals surface area (Å²) >= 11 is 0. The molecule has 45 heavy (non-hydrogen) atoms. The average Bonchev–Trinajstić information content (AvgIpc) is 2.98. The average molecular weight is 651 g/mol. The van der Waals surface area contributed by atoms with Gasteiger partial charge in [-0.15, -0.1) is 0 Å². The molecule has 2 atom stereocenters. The van der Waals surface area contributed by atoms with Gasteiger partial charge in [0.15, 0.2) is 5.78 Å². The Morgan fingerprint density at radius 1 is 1.24 bits per heavy atom. The number of nitrogens with zero attached hydrogens (tertiary/aromatic N) is 4. The number of alkyl halides is 4. The minimum absolute atomic E-state index is 0.00663. The molecule has 4 rings (SSSR count). The summed E-state index contributed by atoms with van der Waals surface area (Å²) in [6.07, 6.45) is -2.46. The van der Waals surface area contributed by atoms with Crippen molar-refractivity contribution in [2.45, 2.75) is 39.2 Å². The van der Waals surface area contributed by atoms with Crippen LogP contribution in [0.2, 0.25) is 0 Å². The Balaban J connectivity index is 0.000000525. The number of methoxy groups -OCH3 is 1. The predicted octanol–water partition coefficient (Wildman–Crippen LogP) is 6.32. The van der Waals surface area contributed by atoms with E-state index < -0.39 is 34.7 Å². The lowest BCUT2D eigenvalue weighted by Crippen LogP contribution is -2.34. The largest absolute Gasteiger partial charge is 0.495 e. The highest BCUT2D eigenvalue weighted by Gasteiger charge is 2.35. The number of ether oxygens (including phenoxy) is 1. The minimum Gasteiger partial charge on any atom is -0.495 e. The fraction of sp³-hybridized carbons (Fsp3) is 0.387. The van der Waals surface area contributed by atoms with E-state index in [1.54, 1.807) is 29.6 Å². The van der Waals surface area contributed by atoms with Gasteiger partial charge in [0.05, 0.1) is 18.5 Å². The van der Waals surface area contributed by atoms with Crippen molar-refractivity contribution < 1.29 is 31.3 Å². The van der Waals surface area contributed by atoms with Crippen LogP contribution in [-0.2, 0) is 23.7 Å². The van der Waals surface area contributed by atoms with E-state index in [0.29, 0.717) is 41.0 Å². The molecule has 3 aromatic rings. The van der Waals surface area contributed by atoms with Crippen LogP contribution in [0.15, 0.2) is 54.7 Å². The van der Waals surface area contributed by atoms with Gasteiger partial charge in [-0.2, -0.15) is 18.2 Å². The number of likely N-dealkylation sites (tertiary alicyclic amines) is 1. The molecule has 1 saturated heterocycles. The predicted molar refractivity (Wildman–Crippen MR) is 170 cm³/mol. The van der Waals surface area contributed by atoms with E-state index in [9.17, 15) is 26.6 Å². The molecule has 0 aliphatic carbocycles. The second-order valence-electron chi connectivity index (χ2n) is 10.6. The molecular weight excluding hydrogens is 612 g/mol. The van der Waals surface area contributed by atoms with Crippen molar-refractivity contribution in [2.24, 2.45) is 0 Å². The molecule has 0 radical (unpaired) electrons. The lowest BCUT2D eigenvalue weighted by Gasteiger charge is -2.26. The second-order valence-corrected chi connectivity index (χ2v) is 12.0. The molecule has 2 N–H and O–H groups in total. The van der Waals surface area contributed by atoms with Crippen molar-refractivity contribution in [2.75, 3.05) is 55.5 Å². The molecular formula is C31H38F4N6O3S. The third-order valence-electron chi connectivity index (χ3n) is 7.09. The maximum atomic E-state index is 13.7. The summed E-state index contributed by atoms with van der Waals surface area (Å²) in [5.41, 5.74) is 2.70. The number of aryl methyl sites for hydroxylation is 1. The molecule has 9 nitrogen and oxygen atoms in total. The fourth-order valence-electron chi connectivity index (χ4n) is 4.34. The van der Waals surface area contributed by atoms with E-state index in [0.717, 1.165) is 24.1 Å². The summed E-state index contributed by atoms with van der Waals surface area (Å²) < 4.78 is 72.6. The Bertz CT molecular complexity index is 1550. The molecule has 2 heterocycles. The van der Waals surface area contributed by atoms with Crippen LogP contribution < -0.4 is 19.7 Å². The molecule has 2 aromatic carbocycles. The van der Waals surface area contributed by atoms with E-state index in [1.807, 2.05) is 31.0 Å². The number of hydrogen-bond acceptors (Lipinski definition) is 8. The highest BCUT2D eigenvalue weighted by atomic mass is 32.2. The van der Waals surface area contributed by atoms with Crippen LogP contribution in [0.3, 0.4) is 0 Å². The number of carbonyl (C=O) groups is 1. The van der Waals surface area contributed by atoms with Gasteiger partial charge in [-0.25, -0.2) is 13.6 Å². The van der Waals surface area contributed by atoms with Gasteiger partial charge in [-0.1, -0.05) is 18.7 Å². The Morgan fingerprint density at radius 3 is 2.53 bits per heavy atom. The first-order valence-corrected chi connectivity index (χ1v) is 15.4. The number of halogens is 4. The first kappa shape index (κ1) is 35.4. The quantitative estimate of drug-likeness (QED) is 0.158. The molecule has 0 amide bonds. The molecule has 1 unspecified atom stereocenters. The summed E-state index contributed by atoms with van der Waals surface area (Å²) in [7, 11) is 3.66. The van der Waals surface area contributed by atoms with Crippen LogP contribution in [0.25, 0.3) is 0 Å². The van der Waals surface area contributed by atoms with Crippen LogP contribution >= 0.6 is 0 Å². The van der Waals surface area contributed by atoms with Gasteiger partial charge in [0.1, 0.15) is 34.3 Å². The van der Waals surface area contributed by atoms with E-state index in [-0.39, 0.29) is 18.3 Å². The number of piperidine rings is 1. The number of hydrogen-bond donors (Lipinski definition) is 2. The fourth-order valence-corrected chi connectivity index (χ4v) is 4.78. The number of anilines is 4. The Hall–Kier alpha value is -4.04. The number of nitrogens with one attached hydrogen (secondary N) is 2. The molecule has 1 fully saturated rings. The summed E-state index contributed by atoms with van der Waals surface area (Å²) in [6.45, 7) is 8.39. The Labute approximate surface area is 263 Å². The van der Waals surface area contributed by atoms with Gasteiger partial charge in [0.2, 0.25) is 5.95 Å². The molecule has 1 aromatic heterocycles. The first-order chi connectivity index (χ1) is 21.1. The third kappa shape index (κ3) is 9.72. The van der Waals surface area contributed by atoms with Crippen LogP contribution in [0.4, 0.5) is 40.7 Å². The number of benzene rings is 2. The van der Waals surface area contributed by atoms with Crippen molar-refractivity contribution in [3.8, 4) is 5.75 Å². The smallest absolute Gasteiger partial charge is 0.421 e. The topological polar surface area (TPSA) is 99.7 Å². The summed E-state index contributed by atoms with van der Waals surface area (Å²) in [5, 5.41) is 5.60. The first-order valence-electron chi connectivity index (χ1n) is 13.9. The van der Waals surface area contributed by atoms with Gasteiger partial charge in [-0.05, 0) is 68.3 Å². The van der Waals surface area contributed by atoms with E-state index in [2.05, 4.69) is 27.2 Å². The lowest BCUT2D eigenvalue weighted by atomic mass is 10.1. The molecule has 0 bridgehead atoms. The van der Waals surface area contributed by atoms with Crippen molar-refractivity contribution >= 4 is 39.9 Å². The van der Waals surface area contributed by atoms with Gasteiger partial charge in [0.25, 0.3) is 0 Å². The normalized spacial score (nSPS) is 15.9. The maximum absolute atomic E-state index is 13.7. The maximum Gasteiger partial charge on any atom is 0.421 e. The minimum atomic E-state index is -4.69. The Morgan fingerprint density at radius 2 is 1.96 bits per heavy atom. The Kier molecular flexibility index (Phi) is 12.1. The molecule has 0 spiro atoms. The van der Waals surface area contributed by atoms with E-state index in [4.69, 9.17) is 4.74 Å². The van der Waals surface area contributed by atoms with E-state index in [1.165, 1.54) is 26.4 Å². The monoisotopic (exact) mass is 650 g/mol. The van der Waals surface area contributed by atoms with Crippen LogP contribution in [-0.4, -0.2) is 71.6 Å². The SMILES string of the molecule is C=C1CCN(C)C[C@H]1F.COc1cc(C(C)=O)ccc1Nc1ncc(C(F)(F)F)c(NCc2ccc(C)cc2N(C)S(C)=O)n1. The van der Waals surface area contributed by atoms with Crippen molar-refractivity contribution in [3.63, 3.8) is 0 Å². The zero-order valence-corrected chi connectivity index (χ0v) is 26.9. The zero-order chi connectivity index (χ0) is 33.5. The van der Waals surface area contributed by atoms with Crippen molar-refractivity contribution in [1.82, 2.24) is 14.9 Å². The molecule has 14 heteroatoms. The van der Waals surface area contributed by atoms with Gasteiger partial charge < -0.3 is 20.3 Å².